The highest BCUT2D eigenvalue weighted by Crippen LogP contribution is 2.32. The van der Waals surface area contributed by atoms with Crippen molar-refractivity contribution in [2.75, 3.05) is 23.7 Å². The second-order valence-electron chi connectivity index (χ2n) is 6.99. The number of aryl methyl sites for hydroxylation is 1. The maximum atomic E-state index is 3.51. The van der Waals surface area contributed by atoms with Crippen molar-refractivity contribution in [3.05, 3.63) is 29.3 Å². The first-order chi connectivity index (χ1) is 9.87. The molecule has 0 saturated carbocycles. The third kappa shape index (κ3) is 4.93. The topological polar surface area (TPSA) is 15.3 Å². The summed E-state index contributed by atoms with van der Waals surface area (Å²) < 4.78 is 0.422. The third-order valence-corrected chi connectivity index (χ3v) is 5.60. The molecule has 1 aromatic carbocycles. The molecule has 0 atom stereocenters. The van der Waals surface area contributed by atoms with Crippen LogP contribution in [0.2, 0.25) is 0 Å². The van der Waals surface area contributed by atoms with Crippen molar-refractivity contribution in [2.24, 2.45) is 0 Å². The largest absolute Gasteiger partial charge is 0.371 e. The monoisotopic (exact) mass is 306 g/mol. The minimum Gasteiger partial charge on any atom is -0.371 e. The van der Waals surface area contributed by atoms with E-state index in [0.717, 1.165) is 13.1 Å². The first kappa shape index (κ1) is 16.7. The van der Waals surface area contributed by atoms with Crippen molar-refractivity contribution in [3.63, 3.8) is 0 Å². The minimum absolute atomic E-state index is 0.422. The second kappa shape index (κ2) is 7.06. The number of thioether (sulfide) groups is 1. The Kier molecular flexibility index (Phi) is 5.61. The molecule has 2 rings (SSSR count). The van der Waals surface area contributed by atoms with Gasteiger partial charge in [-0.15, -0.1) is 0 Å². The Bertz CT molecular complexity index is 468. The summed E-state index contributed by atoms with van der Waals surface area (Å²) in [6.45, 7) is 14.7. The van der Waals surface area contributed by atoms with Crippen LogP contribution in [0.4, 0.5) is 5.69 Å². The predicted molar refractivity (Wildman–Crippen MR) is 96.5 cm³/mol. The van der Waals surface area contributed by atoms with Crippen molar-refractivity contribution in [3.8, 4) is 0 Å². The summed E-state index contributed by atoms with van der Waals surface area (Å²) in [5.41, 5.74) is 4.20. The van der Waals surface area contributed by atoms with Gasteiger partial charge in [-0.3, -0.25) is 0 Å². The van der Waals surface area contributed by atoms with Crippen LogP contribution in [-0.4, -0.2) is 29.6 Å². The molecular formula is C18H30N2S. The summed E-state index contributed by atoms with van der Waals surface area (Å²) in [5, 5.41) is 3.51. The molecule has 1 aliphatic heterocycles. The van der Waals surface area contributed by atoms with Crippen LogP contribution in [0.3, 0.4) is 0 Å². The van der Waals surface area contributed by atoms with Gasteiger partial charge in [0.2, 0.25) is 0 Å². The number of benzene rings is 1. The van der Waals surface area contributed by atoms with Gasteiger partial charge in [-0.05, 0) is 36.6 Å². The van der Waals surface area contributed by atoms with Gasteiger partial charge in [0.25, 0.3) is 0 Å². The molecule has 0 radical (unpaired) electrons. The average Bonchev–Trinajstić information content (AvgIpc) is 2.58. The van der Waals surface area contributed by atoms with Gasteiger partial charge >= 0.3 is 0 Å². The molecule has 0 unspecified atom stereocenters. The molecular weight excluding hydrogens is 276 g/mol. The number of anilines is 1. The van der Waals surface area contributed by atoms with Crippen LogP contribution in [0.5, 0.6) is 0 Å². The smallest absolute Gasteiger partial charge is 0.0369 e. The number of hydrogen-bond acceptors (Lipinski definition) is 3. The highest BCUT2D eigenvalue weighted by Gasteiger charge is 2.23. The van der Waals surface area contributed by atoms with Crippen molar-refractivity contribution in [1.82, 2.24) is 5.32 Å². The average molecular weight is 307 g/mol. The molecule has 0 bridgehead atoms. The minimum atomic E-state index is 0.422. The Labute approximate surface area is 134 Å². The molecule has 1 N–H and O–H groups in total. The molecule has 1 saturated heterocycles. The van der Waals surface area contributed by atoms with E-state index in [9.17, 15) is 0 Å². The highest BCUT2D eigenvalue weighted by atomic mass is 32.2. The molecule has 1 fully saturated rings. The lowest BCUT2D eigenvalue weighted by Gasteiger charge is -2.25. The number of hydrogen-bond donors (Lipinski definition) is 1. The van der Waals surface area contributed by atoms with Crippen LogP contribution in [0, 0.1) is 6.92 Å². The standard InChI is InChI=1S/C18H30N2S/c1-14(2)19-13-16-6-7-17(12-15(16)3)20-9-8-18(4,5)21-11-10-20/h6-7,12,14,19H,8-11,13H2,1-5H3. The van der Waals surface area contributed by atoms with E-state index in [-0.39, 0.29) is 0 Å². The van der Waals surface area contributed by atoms with Crippen molar-refractivity contribution < 1.29 is 0 Å². The number of nitrogens with one attached hydrogen (secondary N) is 1. The van der Waals surface area contributed by atoms with E-state index in [4.69, 9.17) is 0 Å². The molecule has 118 valence electrons. The van der Waals surface area contributed by atoms with Gasteiger partial charge in [0.05, 0.1) is 0 Å². The molecule has 1 heterocycles. The maximum Gasteiger partial charge on any atom is 0.0369 e. The maximum absolute atomic E-state index is 3.51. The Morgan fingerprint density at radius 1 is 1.29 bits per heavy atom. The fourth-order valence-corrected chi connectivity index (χ4v) is 3.77. The van der Waals surface area contributed by atoms with Gasteiger partial charge in [-0.1, -0.05) is 33.8 Å². The zero-order chi connectivity index (χ0) is 15.5. The number of nitrogens with zero attached hydrogens (tertiary/aromatic N) is 1. The first-order valence-corrected chi connectivity index (χ1v) is 9.08. The van der Waals surface area contributed by atoms with Crippen LogP contribution in [0.25, 0.3) is 0 Å². The lowest BCUT2D eigenvalue weighted by atomic mass is 10.1. The van der Waals surface area contributed by atoms with Crippen LogP contribution in [0.1, 0.15) is 45.2 Å². The fraction of sp³-hybridized carbons (Fsp3) is 0.667. The summed E-state index contributed by atoms with van der Waals surface area (Å²) in [6, 6.07) is 7.49. The highest BCUT2D eigenvalue weighted by molar-refractivity contribution is 8.00. The Morgan fingerprint density at radius 3 is 2.71 bits per heavy atom. The fourth-order valence-electron chi connectivity index (χ4n) is 2.67. The van der Waals surface area contributed by atoms with E-state index >= 15 is 0 Å². The van der Waals surface area contributed by atoms with Gasteiger partial charge in [0.15, 0.2) is 0 Å². The zero-order valence-electron chi connectivity index (χ0n) is 14.2. The van der Waals surface area contributed by atoms with Crippen LogP contribution >= 0.6 is 11.8 Å². The van der Waals surface area contributed by atoms with E-state index in [0.29, 0.717) is 10.8 Å². The molecule has 0 aromatic heterocycles. The molecule has 2 nitrogen and oxygen atoms in total. The quantitative estimate of drug-likeness (QED) is 0.897. The lowest BCUT2D eigenvalue weighted by Crippen LogP contribution is -2.27. The zero-order valence-corrected chi connectivity index (χ0v) is 15.0. The summed E-state index contributed by atoms with van der Waals surface area (Å²) >= 11 is 2.11. The summed E-state index contributed by atoms with van der Waals surface area (Å²) in [5.74, 6) is 1.22. The van der Waals surface area contributed by atoms with Crippen LogP contribution in [0.15, 0.2) is 18.2 Å². The molecule has 0 aliphatic carbocycles. The Morgan fingerprint density at radius 2 is 2.05 bits per heavy atom. The molecule has 3 heteroatoms. The predicted octanol–water partition coefficient (Wildman–Crippen LogP) is 4.21. The molecule has 0 amide bonds. The summed E-state index contributed by atoms with van der Waals surface area (Å²) in [7, 11) is 0. The molecule has 1 aromatic rings. The third-order valence-electron chi connectivity index (χ3n) is 4.23. The Balaban J connectivity index is 2.05. The first-order valence-electron chi connectivity index (χ1n) is 8.09. The van der Waals surface area contributed by atoms with E-state index in [1.54, 1.807) is 0 Å². The van der Waals surface area contributed by atoms with Crippen LogP contribution in [-0.2, 0) is 6.54 Å². The van der Waals surface area contributed by atoms with Gasteiger partial charge in [-0.25, -0.2) is 0 Å². The molecule has 1 aliphatic rings. The van der Waals surface area contributed by atoms with Gasteiger partial charge in [0.1, 0.15) is 0 Å². The van der Waals surface area contributed by atoms with Crippen molar-refractivity contribution >= 4 is 17.4 Å². The Hall–Kier alpha value is -0.670. The van der Waals surface area contributed by atoms with E-state index in [1.165, 1.54) is 35.5 Å². The summed E-state index contributed by atoms with van der Waals surface area (Å²) in [4.78, 5) is 2.55. The molecule has 0 spiro atoms. The van der Waals surface area contributed by atoms with E-state index in [2.05, 4.69) is 74.8 Å². The normalized spacial score (nSPS) is 18.9. The van der Waals surface area contributed by atoms with E-state index in [1.807, 2.05) is 0 Å². The van der Waals surface area contributed by atoms with Gasteiger partial charge in [-0.2, -0.15) is 11.8 Å². The second-order valence-corrected chi connectivity index (χ2v) is 8.79. The SMILES string of the molecule is Cc1cc(N2CCSC(C)(C)CC2)ccc1CNC(C)C. The molecule has 21 heavy (non-hydrogen) atoms. The number of rotatable bonds is 4. The lowest BCUT2D eigenvalue weighted by molar-refractivity contribution is 0.587. The van der Waals surface area contributed by atoms with Gasteiger partial charge in [0, 0.05) is 41.9 Å². The van der Waals surface area contributed by atoms with Crippen LogP contribution < -0.4 is 10.2 Å². The van der Waals surface area contributed by atoms with E-state index < -0.39 is 0 Å². The van der Waals surface area contributed by atoms with Crippen molar-refractivity contribution in [1.29, 1.82) is 0 Å². The van der Waals surface area contributed by atoms with Crippen molar-refractivity contribution in [2.45, 2.75) is 58.4 Å². The summed E-state index contributed by atoms with van der Waals surface area (Å²) in [6.07, 6.45) is 1.26. The van der Waals surface area contributed by atoms with Gasteiger partial charge < -0.3 is 10.2 Å².